The molecule has 0 atom stereocenters. The first-order valence-electron chi connectivity index (χ1n) is 8.16. The lowest BCUT2D eigenvalue weighted by Gasteiger charge is -2.12. The van der Waals surface area contributed by atoms with Crippen LogP contribution in [0.5, 0.6) is 0 Å². The fourth-order valence-corrected chi connectivity index (χ4v) is 3.35. The van der Waals surface area contributed by atoms with E-state index in [2.05, 4.69) is 11.9 Å². The van der Waals surface area contributed by atoms with Crippen LogP contribution in [0.15, 0.2) is 36.4 Å². The lowest BCUT2D eigenvalue weighted by molar-refractivity contribution is 0.0698. The molecule has 0 aliphatic carbocycles. The quantitative estimate of drug-likeness (QED) is 0.623. The fraction of sp³-hybridized carbons (Fsp3) is 0.263. The molecule has 3 aromatic rings. The highest BCUT2D eigenvalue weighted by Crippen LogP contribution is 2.28. The Morgan fingerprint density at radius 1 is 1.24 bits per heavy atom. The summed E-state index contributed by atoms with van der Waals surface area (Å²) in [6.07, 6.45) is 2.77. The molecule has 0 bridgehead atoms. The van der Waals surface area contributed by atoms with Crippen molar-refractivity contribution in [3.8, 4) is 0 Å². The van der Waals surface area contributed by atoms with Crippen molar-refractivity contribution in [2.24, 2.45) is 0 Å². The van der Waals surface area contributed by atoms with Crippen LogP contribution in [-0.2, 0) is 13.0 Å². The Hall–Kier alpha value is -2.04. The number of aryl methyl sites for hydroxylation is 1. The number of fused-ring (bicyclic) bond motifs is 1. The lowest BCUT2D eigenvalue weighted by Crippen LogP contribution is -2.09. The molecule has 1 heterocycles. The molecule has 0 aliphatic rings. The van der Waals surface area contributed by atoms with Gasteiger partial charge in [0, 0.05) is 16.5 Å². The summed E-state index contributed by atoms with van der Waals surface area (Å²) >= 11 is 12.4. The fourth-order valence-electron chi connectivity index (χ4n) is 2.94. The minimum atomic E-state index is -1.02. The molecule has 1 N–H and O–H groups in total. The van der Waals surface area contributed by atoms with Crippen LogP contribution in [0, 0.1) is 0 Å². The van der Waals surface area contributed by atoms with Gasteiger partial charge in [0.05, 0.1) is 23.1 Å². The highest BCUT2D eigenvalue weighted by molar-refractivity contribution is 6.32. The Bertz CT molecular complexity index is 935. The van der Waals surface area contributed by atoms with Crippen molar-refractivity contribution in [2.45, 2.75) is 32.7 Å². The smallest absolute Gasteiger partial charge is 0.337 e. The second kappa shape index (κ2) is 7.46. The first kappa shape index (κ1) is 17.8. The zero-order chi connectivity index (χ0) is 18.0. The van der Waals surface area contributed by atoms with Crippen molar-refractivity contribution < 1.29 is 9.90 Å². The molecule has 2 aromatic carbocycles. The average molecular weight is 377 g/mol. The molecule has 6 heteroatoms. The normalized spacial score (nSPS) is 11.2. The number of imidazole rings is 1. The number of rotatable bonds is 6. The number of nitrogens with zero attached hydrogens (tertiary/aromatic N) is 2. The molecule has 0 spiro atoms. The molecule has 4 nitrogen and oxygen atoms in total. The molecular formula is C19H18Cl2N2O2. The Balaban J connectivity index is 2.22. The van der Waals surface area contributed by atoms with Gasteiger partial charge in [-0.3, -0.25) is 0 Å². The van der Waals surface area contributed by atoms with Crippen LogP contribution in [0.25, 0.3) is 11.0 Å². The van der Waals surface area contributed by atoms with E-state index < -0.39 is 5.97 Å². The number of hydrogen-bond donors (Lipinski definition) is 1. The summed E-state index contributed by atoms with van der Waals surface area (Å²) in [5.41, 5.74) is 2.27. The van der Waals surface area contributed by atoms with Gasteiger partial charge in [0.1, 0.15) is 5.82 Å². The second-order valence-electron chi connectivity index (χ2n) is 5.94. The summed E-state index contributed by atoms with van der Waals surface area (Å²) < 4.78 is 1.95. The molecule has 0 fully saturated rings. The molecule has 1 aromatic heterocycles. The first-order chi connectivity index (χ1) is 12.0. The summed E-state index contributed by atoms with van der Waals surface area (Å²) in [5, 5.41) is 10.6. The largest absolute Gasteiger partial charge is 0.478 e. The van der Waals surface area contributed by atoms with Crippen molar-refractivity contribution in [3.05, 3.63) is 63.4 Å². The Morgan fingerprint density at radius 2 is 2.00 bits per heavy atom. The summed E-state index contributed by atoms with van der Waals surface area (Å²) in [5.74, 6) is -0.170. The maximum atomic E-state index is 11.7. The van der Waals surface area contributed by atoms with Crippen LogP contribution in [0.2, 0.25) is 10.0 Å². The van der Waals surface area contributed by atoms with Gasteiger partial charge in [-0.15, -0.1) is 0 Å². The van der Waals surface area contributed by atoms with E-state index in [1.54, 1.807) is 6.07 Å². The van der Waals surface area contributed by atoms with Crippen molar-refractivity contribution in [3.63, 3.8) is 0 Å². The number of carboxylic acids is 1. The van der Waals surface area contributed by atoms with Crippen LogP contribution >= 0.6 is 23.2 Å². The van der Waals surface area contributed by atoms with Crippen molar-refractivity contribution in [1.82, 2.24) is 9.55 Å². The minimum Gasteiger partial charge on any atom is -0.478 e. The van der Waals surface area contributed by atoms with Gasteiger partial charge in [-0.2, -0.15) is 0 Å². The van der Waals surface area contributed by atoms with Crippen LogP contribution in [-0.4, -0.2) is 20.6 Å². The number of aromatic carboxylic acids is 1. The highest BCUT2D eigenvalue weighted by atomic mass is 35.5. The predicted molar refractivity (Wildman–Crippen MR) is 101 cm³/mol. The molecule has 0 saturated heterocycles. The minimum absolute atomic E-state index is 0.157. The first-order valence-corrected chi connectivity index (χ1v) is 8.92. The van der Waals surface area contributed by atoms with Crippen LogP contribution in [0.3, 0.4) is 0 Å². The predicted octanol–water partition coefficient (Wildman–Crippen LogP) is 5.43. The maximum absolute atomic E-state index is 11.7. The molecule has 25 heavy (non-hydrogen) atoms. The highest BCUT2D eigenvalue weighted by Gasteiger charge is 2.19. The van der Waals surface area contributed by atoms with Gasteiger partial charge in [0.2, 0.25) is 0 Å². The number of carbonyl (C=O) groups is 1. The summed E-state index contributed by atoms with van der Waals surface area (Å²) in [6, 6.07) is 10.7. The van der Waals surface area contributed by atoms with Gasteiger partial charge in [0.15, 0.2) is 0 Å². The molecule has 0 unspecified atom stereocenters. The third kappa shape index (κ3) is 3.65. The van der Waals surface area contributed by atoms with E-state index in [-0.39, 0.29) is 5.56 Å². The molecule has 3 rings (SSSR count). The third-order valence-electron chi connectivity index (χ3n) is 4.16. The monoisotopic (exact) mass is 376 g/mol. The van der Waals surface area contributed by atoms with Crippen LogP contribution < -0.4 is 0 Å². The summed E-state index contributed by atoms with van der Waals surface area (Å²) in [6.45, 7) is 2.58. The molecule has 130 valence electrons. The van der Waals surface area contributed by atoms with Crippen molar-refractivity contribution >= 4 is 40.2 Å². The van der Waals surface area contributed by atoms with Crippen LogP contribution in [0.4, 0.5) is 0 Å². The summed E-state index contributed by atoms with van der Waals surface area (Å²) in [4.78, 5) is 16.4. The van der Waals surface area contributed by atoms with Crippen molar-refractivity contribution in [1.29, 1.82) is 0 Å². The van der Waals surface area contributed by atoms with E-state index in [0.29, 0.717) is 27.6 Å². The molecular weight excluding hydrogens is 359 g/mol. The number of carboxylic acid groups (broad SMARTS) is 1. The second-order valence-corrected chi connectivity index (χ2v) is 6.78. The Kier molecular flexibility index (Phi) is 5.30. The van der Waals surface area contributed by atoms with Crippen LogP contribution in [0.1, 0.15) is 41.5 Å². The standard InChI is InChI=1S/C19H18Cl2N2O2/c1-2-3-8-17-22-16-10-13(20)9-14(19(24)25)18(16)23(17)11-12-6-4-5-7-15(12)21/h4-7,9-10H,2-3,8,11H2,1H3,(H,24,25). The number of aromatic nitrogens is 2. The topological polar surface area (TPSA) is 55.1 Å². The van der Waals surface area contributed by atoms with Gasteiger partial charge in [-0.1, -0.05) is 54.7 Å². The van der Waals surface area contributed by atoms with E-state index in [1.165, 1.54) is 6.07 Å². The van der Waals surface area contributed by atoms with Gasteiger partial charge in [0.25, 0.3) is 0 Å². The molecule has 0 radical (unpaired) electrons. The van der Waals surface area contributed by atoms with Gasteiger partial charge in [-0.05, 0) is 30.2 Å². The molecule has 0 aliphatic heterocycles. The van der Waals surface area contributed by atoms with E-state index in [4.69, 9.17) is 23.2 Å². The lowest BCUT2D eigenvalue weighted by atomic mass is 10.1. The zero-order valence-electron chi connectivity index (χ0n) is 13.8. The van der Waals surface area contributed by atoms with E-state index >= 15 is 0 Å². The van der Waals surface area contributed by atoms with E-state index in [0.717, 1.165) is 30.7 Å². The maximum Gasteiger partial charge on any atom is 0.337 e. The number of halogens is 2. The third-order valence-corrected chi connectivity index (χ3v) is 4.74. The van der Waals surface area contributed by atoms with Gasteiger partial charge < -0.3 is 9.67 Å². The van der Waals surface area contributed by atoms with Crippen molar-refractivity contribution in [2.75, 3.05) is 0 Å². The molecule has 0 saturated carbocycles. The number of benzene rings is 2. The van der Waals surface area contributed by atoms with Gasteiger partial charge >= 0.3 is 5.97 Å². The number of hydrogen-bond acceptors (Lipinski definition) is 2. The Morgan fingerprint density at radius 3 is 2.68 bits per heavy atom. The molecule has 0 amide bonds. The van der Waals surface area contributed by atoms with E-state index in [9.17, 15) is 9.90 Å². The number of unbranched alkanes of at least 4 members (excludes halogenated alkanes) is 1. The van der Waals surface area contributed by atoms with Gasteiger partial charge in [-0.25, -0.2) is 9.78 Å². The zero-order valence-corrected chi connectivity index (χ0v) is 15.3. The summed E-state index contributed by atoms with van der Waals surface area (Å²) in [7, 11) is 0. The average Bonchev–Trinajstić information content (AvgIpc) is 2.91. The Labute approximate surface area is 156 Å². The SMILES string of the molecule is CCCCc1nc2cc(Cl)cc(C(=O)O)c2n1Cc1ccccc1Cl. The van der Waals surface area contributed by atoms with E-state index in [1.807, 2.05) is 28.8 Å².